The van der Waals surface area contributed by atoms with E-state index in [1.54, 1.807) is 18.9 Å². The van der Waals surface area contributed by atoms with Gasteiger partial charge in [-0.2, -0.15) is 0 Å². The Hall–Kier alpha value is -4.00. The van der Waals surface area contributed by atoms with Crippen molar-refractivity contribution in [3.05, 3.63) is 120 Å². The third-order valence-corrected chi connectivity index (χ3v) is 9.84. The summed E-state index contributed by atoms with van der Waals surface area (Å²) in [5.74, 6) is 1.93. The van der Waals surface area contributed by atoms with Crippen LogP contribution in [0.2, 0.25) is 0 Å². The number of thioether (sulfide) groups is 1. The molecule has 3 unspecified atom stereocenters. The van der Waals surface area contributed by atoms with E-state index < -0.39 is 10.9 Å². The van der Waals surface area contributed by atoms with Crippen molar-refractivity contribution in [1.82, 2.24) is 4.98 Å². The van der Waals surface area contributed by atoms with E-state index in [1.165, 1.54) is 0 Å². The quantitative estimate of drug-likeness (QED) is 0.155. The molecule has 3 heterocycles. The van der Waals surface area contributed by atoms with Gasteiger partial charge in [0.1, 0.15) is 16.9 Å². The molecule has 2 aliphatic rings. The van der Waals surface area contributed by atoms with Gasteiger partial charge in [-0.15, -0.1) is 23.4 Å². The summed E-state index contributed by atoms with van der Waals surface area (Å²) >= 11 is 8.76. The predicted octanol–water partition coefficient (Wildman–Crippen LogP) is 8.43. The first-order chi connectivity index (χ1) is 20.0. The summed E-state index contributed by atoms with van der Waals surface area (Å²) in [5.41, 5.74) is 4.06. The van der Waals surface area contributed by atoms with E-state index in [-0.39, 0.29) is 11.2 Å². The molecular formula is C34H27ClN2O3S. The normalized spacial score (nSPS) is 21.4. The number of carbonyl (C=O) groups is 1. The molecule has 41 heavy (non-hydrogen) atoms. The molecule has 5 nitrogen and oxygen atoms in total. The fourth-order valence-electron chi connectivity index (χ4n) is 5.96. The number of halogens is 1. The van der Waals surface area contributed by atoms with Gasteiger partial charge in [0.15, 0.2) is 0 Å². The number of ether oxygens (including phenoxy) is 2. The van der Waals surface area contributed by atoms with Gasteiger partial charge >= 0.3 is 0 Å². The van der Waals surface area contributed by atoms with E-state index in [0.717, 1.165) is 43.9 Å². The second-order valence-electron chi connectivity index (χ2n) is 10.5. The first-order valence-electron chi connectivity index (χ1n) is 13.5. The van der Waals surface area contributed by atoms with E-state index in [4.69, 9.17) is 26.1 Å². The van der Waals surface area contributed by atoms with E-state index in [2.05, 4.69) is 31.2 Å². The summed E-state index contributed by atoms with van der Waals surface area (Å²) < 4.78 is 11.9. The second kappa shape index (κ2) is 10.1. The van der Waals surface area contributed by atoms with Gasteiger partial charge in [-0.05, 0) is 73.5 Å². The predicted molar refractivity (Wildman–Crippen MR) is 164 cm³/mol. The second-order valence-corrected chi connectivity index (χ2v) is 12.1. The Bertz CT molecular complexity index is 1780. The standard InChI is InChI=1S/C34H27ClN2O3S/c1-21-12-17-27-22(18-21)19-26(32(36-27)40-25-8-4-3-5-9-25)30-20-34(23-13-15-24(39-2)16-14-23)31(35)33(38)37(34)28-10-6-7-11-29(28)41-30/h3-19,30-31H,20H2,1-2H3. The number of amides is 1. The molecule has 0 aliphatic carbocycles. The number of nitrogens with zero attached hydrogens (tertiary/aromatic N) is 2. The molecule has 0 saturated carbocycles. The highest BCUT2D eigenvalue weighted by molar-refractivity contribution is 7.99. The molecule has 0 N–H and O–H groups in total. The maximum Gasteiger partial charge on any atom is 0.248 e. The third-order valence-electron chi connectivity index (χ3n) is 7.98. The molecule has 7 rings (SSSR count). The molecule has 0 bridgehead atoms. The van der Waals surface area contributed by atoms with Crippen molar-refractivity contribution < 1.29 is 14.3 Å². The lowest BCUT2D eigenvalue weighted by Crippen LogP contribution is -2.70. The third kappa shape index (κ3) is 4.25. The highest BCUT2D eigenvalue weighted by Gasteiger charge is 2.63. The number of para-hydroxylation sites is 2. The molecule has 1 aromatic heterocycles. The number of hydrogen-bond donors (Lipinski definition) is 0. The number of hydrogen-bond acceptors (Lipinski definition) is 5. The van der Waals surface area contributed by atoms with E-state index in [1.807, 2.05) is 83.8 Å². The monoisotopic (exact) mass is 578 g/mol. The van der Waals surface area contributed by atoms with Crippen LogP contribution in [-0.2, 0) is 10.3 Å². The van der Waals surface area contributed by atoms with Gasteiger partial charge in [0.05, 0.1) is 23.9 Å². The smallest absolute Gasteiger partial charge is 0.248 e. The fourth-order valence-corrected chi connectivity index (χ4v) is 7.75. The highest BCUT2D eigenvalue weighted by atomic mass is 35.5. The van der Waals surface area contributed by atoms with Crippen LogP contribution in [0.4, 0.5) is 5.69 Å². The molecule has 3 atom stereocenters. The largest absolute Gasteiger partial charge is 0.497 e. The van der Waals surface area contributed by atoms with Crippen molar-refractivity contribution in [3.8, 4) is 17.4 Å². The number of alkyl halides is 1. The highest BCUT2D eigenvalue weighted by Crippen LogP contribution is 2.61. The van der Waals surface area contributed by atoms with E-state index in [0.29, 0.717) is 18.1 Å². The van der Waals surface area contributed by atoms with Gasteiger partial charge in [-0.1, -0.05) is 54.1 Å². The zero-order valence-electron chi connectivity index (χ0n) is 22.6. The van der Waals surface area contributed by atoms with Crippen molar-refractivity contribution in [3.63, 3.8) is 0 Å². The molecule has 0 radical (unpaired) electrons. The van der Waals surface area contributed by atoms with Crippen LogP contribution in [0.15, 0.2) is 108 Å². The number of fused-ring (bicyclic) bond motifs is 4. The minimum absolute atomic E-state index is 0.0933. The van der Waals surface area contributed by atoms with Crippen LogP contribution in [-0.4, -0.2) is 23.4 Å². The zero-order chi connectivity index (χ0) is 28.1. The first kappa shape index (κ1) is 25.9. The number of methoxy groups -OCH3 is 1. The van der Waals surface area contributed by atoms with Crippen LogP contribution in [0.5, 0.6) is 17.4 Å². The molecule has 5 aromatic rings. The lowest BCUT2D eigenvalue weighted by atomic mass is 9.72. The number of β-lactam (4-membered cyclic amide) rings is 1. The van der Waals surface area contributed by atoms with Gasteiger partial charge in [0.25, 0.3) is 0 Å². The van der Waals surface area contributed by atoms with Crippen LogP contribution in [0, 0.1) is 6.92 Å². The summed E-state index contributed by atoms with van der Waals surface area (Å²) in [7, 11) is 1.65. The Morgan fingerprint density at radius 1 is 0.927 bits per heavy atom. The molecule has 1 fully saturated rings. The molecule has 1 amide bonds. The lowest BCUT2D eigenvalue weighted by molar-refractivity contribution is -0.127. The number of aryl methyl sites for hydroxylation is 1. The SMILES string of the molecule is COc1ccc(C23CC(c4cc5cc(C)ccc5nc4Oc4ccccc4)Sc4ccccc4N2C(=O)C3Cl)cc1. The summed E-state index contributed by atoms with van der Waals surface area (Å²) in [5, 5.41) is 0.203. The van der Waals surface area contributed by atoms with Gasteiger partial charge in [-0.3, -0.25) is 9.69 Å². The Morgan fingerprint density at radius 2 is 1.68 bits per heavy atom. The number of anilines is 1. The summed E-state index contributed by atoms with van der Waals surface area (Å²) in [4.78, 5) is 21.4. The fraction of sp³-hybridized carbons (Fsp3) is 0.176. The number of benzene rings is 4. The van der Waals surface area contributed by atoms with E-state index in [9.17, 15) is 4.79 Å². The maximum absolute atomic E-state index is 13.5. The Kier molecular flexibility index (Phi) is 6.40. The minimum Gasteiger partial charge on any atom is -0.497 e. The molecular weight excluding hydrogens is 552 g/mol. The molecule has 1 saturated heterocycles. The van der Waals surface area contributed by atoms with Crippen LogP contribution in [0.1, 0.15) is 28.4 Å². The molecule has 204 valence electrons. The van der Waals surface area contributed by atoms with Crippen molar-refractivity contribution in [2.75, 3.05) is 12.0 Å². The Labute approximate surface area is 248 Å². The van der Waals surface area contributed by atoms with Crippen LogP contribution in [0.25, 0.3) is 10.9 Å². The number of rotatable bonds is 5. The van der Waals surface area contributed by atoms with Crippen molar-refractivity contribution in [2.24, 2.45) is 0 Å². The number of carbonyl (C=O) groups excluding carboxylic acids is 1. The Morgan fingerprint density at radius 3 is 2.46 bits per heavy atom. The topological polar surface area (TPSA) is 51.7 Å². The molecule has 0 spiro atoms. The van der Waals surface area contributed by atoms with Gasteiger partial charge in [0.2, 0.25) is 11.8 Å². The van der Waals surface area contributed by atoms with Crippen molar-refractivity contribution in [1.29, 1.82) is 0 Å². The number of aromatic nitrogens is 1. The number of pyridine rings is 1. The average Bonchev–Trinajstić information content (AvgIpc) is 3.14. The zero-order valence-corrected chi connectivity index (χ0v) is 24.2. The Balaban J connectivity index is 1.44. The van der Waals surface area contributed by atoms with Crippen molar-refractivity contribution >= 4 is 45.9 Å². The van der Waals surface area contributed by atoms with Crippen LogP contribution < -0.4 is 14.4 Å². The van der Waals surface area contributed by atoms with Gasteiger partial charge in [0, 0.05) is 21.1 Å². The van der Waals surface area contributed by atoms with E-state index >= 15 is 0 Å². The van der Waals surface area contributed by atoms with Crippen molar-refractivity contribution in [2.45, 2.75) is 34.4 Å². The lowest BCUT2D eigenvalue weighted by Gasteiger charge is -2.55. The van der Waals surface area contributed by atoms with Gasteiger partial charge < -0.3 is 9.47 Å². The first-order valence-corrected chi connectivity index (χ1v) is 14.8. The average molecular weight is 579 g/mol. The summed E-state index contributed by atoms with van der Waals surface area (Å²) in [6, 6.07) is 34.1. The van der Waals surface area contributed by atoms with Crippen LogP contribution in [0.3, 0.4) is 0 Å². The van der Waals surface area contributed by atoms with Gasteiger partial charge in [-0.25, -0.2) is 4.98 Å². The molecule has 2 aliphatic heterocycles. The van der Waals surface area contributed by atoms with Crippen LogP contribution >= 0.6 is 23.4 Å². The molecule has 4 aromatic carbocycles. The summed E-state index contributed by atoms with van der Waals surface area (Å²) in [6.07, 6.45) is 0.572. The molecule has 7 heteroatoms. The minimum atomic E-state index is -0.763. The maximum atomic E-state index is 13.5. The summed E-state index contributed by atoms with van der Waals surface area (Å²) in [6.45, 7) is 2.08.